The van der Waals surface area contributed by atoms with Gasteiger partial charge in [-0.15, -0.1) is 0 Å². The van der Waals surface area contributed by atoms with Gasteiger partial charge in [-0.1, -0.05) is 204 Å². The minimum atomic E-state index is -4.46. The molecule has 0 bridgehead atoms. The van der Waals surface area contributed by atoms with Crippen molar-refractivity contribution in [2.24, 2.45) is 0 Å². The Bertz CT molecular complexity index is 1090. The molecule has 0 saturated carbocycles. The van der Waals surface area contributed by atoms with E-state index >= 15 is 0 Å². The summed E-state index contributed by atoms with van der Waals surface area (Å²) in [5.41, 5.74) is 0. The van der Waals surface area contributed by atoms with Gasteiger partial charge in [0.1, 0.15) is 6.10 Å². The van der Waals surface area contributed by atoms with Gasteiger partial charge in [-0.05, 0) is 70.6 Å². The lowest BCUT2D eigenvalue weighted by Crippen LogP contribution is -2.50. The number of hydrogen-bond donors (Lipinski definition) is 4. The van der Waals surface area contributed by atoms with Crippen LogP contribution in [0.3, 0.4) is 0 Å². The van der Waals surface area contributed by atoms with Gasteiger partial charge in [0.05, 0.1) is 17.9 Å². The predicted octanol–water partition coefficient (Wildman–Crippen LogP) is 13.2. The molecule has 328 valence electrons. The number of rotatable bonds is 42. The zero-order valence-corrected chi connectivity index (χ0v) is 37.2. The van der Waals surface area contributed by atoms with Gasteiger partial charge in [0, 0.05) is 0 Å². The van der Waals surface area contributed by atoms with Gasteiger partial charge in [-0.3, -0.25) is 9.35 Å². The number of unbranched alkanes of at least 4 members (excludes halogenated alkanes) is 27. The van der Waals surface area contributed by atoms with Crippen LogP contribution in [0.1, 0.15) is 226 Å². The molecule has 0 saturated heterocycles. The highest BCUT2D eigenvalue weighted by atomic mass is 32.2. The molecule has 0 aliphatic carbocycles. The van der Waals surface area contributed by atoms with Crippen LogP contribution in [-0.4, -0.2) is 53.1 Å². The fraction of sp³-hybridized carbons (Fsp3) is 0.812. The number of aliphatic hydroxyl groups excluding tert-OH is 2. The Kier molecular flexibility index (Phi) is 40.1. The lowest BCUT2D eigenvalue weighted by Gasteiger charge is -2.22. The van der Waals surface area contributed by atoms with Crippen LogP contribution < -0.4 is 5.32 Å². The molecule has 0 aliphatic heterocycles. The van der Waals surface area contributed by atoms with E-state index in [0.717, 1.165) is 51.4 Å². The van der Waals surface area contributed by atoms with Crippen molar-refractivity contribution < 1.29 is 28.0 Å². The van der Waals surface area contributed by atoms with Crippen LogP contribution in [0, 0.1) is 0 Å². The molecule has 0 aromatic heterocycles. The minimum Gasteiger partial charge on any atom is -0.387 e. The predicted molar refractivity (Wildman–Crippen MR) is 241 cm³/mol. The molecule has 8 heteroatoms. The topological polar surface area (TPSA) is 124 Å². The van der Waals surface area contributed by atoms with Gasteiger partial charge in [0.2, 0.25) is 5.91 Å². The van der Waals surface area contributed by atoms with Crippen LogP contribution in [0.2, 0.25) is 0 Å². The average molecular weight is 808 g/mol. The van der Waals surface area contributed by atoms with Crippen LogP contribution >= 0.6 is 0 Å². The summed E-state index contributed by atoms with van der Waals surface area (Å²) in [6, 6.07) is -1.26. The summed E-state index contributed by atoms with van der Waals surface area (Å²) in [7, 11) is -4.46. The Labute approximate surface area is 346 Å². The van der Waals surface area contributed by atoms with Crippen LogP contribution in [0.15, 0.2) is 48.6 Å². The quantitative estimate of drug-likeness (QED) is 0.0277. The van der Waals surface area contributed by atoms with Gasteiger partial charge < -0.3 is 15.5 Å². The fourth-order valence-electron chi connectivity index (χ4n) is 6.95. The number of carbonyl (C=O) groups is 1. The van der Waals surface area contributed by atoms with Crippen LogP contribution in [-0.2, 0) is 14.9 Å². The Morgan fingerprint density at radius 1 is 0.482 bits per heavy atom. The second kappa shape index (κ2) is 41.4. The van der Waals surface area contributed by atoms with Gasteiger partial charge in [-0.25, -0.2) is 0 Å². The molecule has 1 amide bonds. The lowest BCUT2D eigenvalue weighted by molar-refractivity contribution is -0.130. The molecule has 0 fully saturated rings. The lowest BCUT2D eigenvalue weighted by atomic mass is 10.0. The van der Waals surface area contributed by atoms with Crippen molar-refractivity contribution in [3.05, 3.63) is 48.6 Å². The zero-order chi connectivity index (χ0) is 41.2. The van der Waals surface area contributed by atoms with Crippen LogP contribution in [0.25, 0.3) is 0 Å². The second-order valence-corrected chi connectivity index (χ2v) is 17.7. The highest BCUT2D eigenvalue weighted by Crippen LogP contribution is 2.15. The maximum Gasteiger partial charge on any atom is 0.267 e. The van der Waals surface area contributed by atoms with Crippen molar-refractivity contribution in [1.29, 1.82) is 0 Å². The summed E-state index contributed by atoms with van der Waals surface area (Å²) >= 11 is 0. The van der Waals surface area contributed by atoms with E-state index in [1.165, 1.54) is 147 Å². The Balaban J connectivity index is 4.01. The first-order valence-electron chi connectivity index (χ1n) is 23.4. The molecular formula is C48H89NO6S. The number of carbonyl (C=O) groups excluding carboxylic acids is 1. The first-order valence-corrected chi connectivity index (χ1v) is 25.1. The number of amides is 1. The minimum absolute atomic E-state index is 0.263. The zero-order valence-electron chi connectivity index (χ0n) is 36.4. The molecule has 0 aromatic carbocycles. The Morgan fingerprint density at radius 3 is 1.18 bits per heavy atom. The van der Waals surface area contributed by atoms with Crippen molar-refractivity contribution in [3.63, 3.8) is 0 Å². The molecule has 0 heterocycles. The average Bonchev–Trinajstić information content (AvgIpc) is 3.17. The molecule has 0 aliphatic rings. The van der Waals surface area contributed by atoms with Crippen molar-refractivity contribution >= 4 is 16.0 Å². The molecule has 0 rings (SSSR count). The molecule has 0 aromatic rings. The largest absolute Gasteiger partial charge is 0.387 e. The molecular weight excluding hydrogens is 719 g/mol. The molecule has 0 spiro atoms. The highest BCUT2D eigenvalue weighted by molar-refractivity contribution is 7.85. The third-order valence-corrected chi connectivity index (χ3v) is 11.3. The molecule has 56 heavy (non-hydrogen) atoms. The third kappa shape index (κ3) is 40.5. The molecule has 3 unspecified atom stereocenters. The van der Waals surface area contributed by atoms with E-state index in [1.54, 1.807) is 6.08 Å². The molecule has 3 atom stereocenters. The first-order chi connectivity index (χ1) is 27.2. The van der Waals surface area contributed by atoms with Crippen molar-refractivity contribution in [1.82, 2.24) is 5.32 Å². The maximum absolute atomic E-state index is 12.6. The van der Waals surface area contributed by atoms with E-state index in [1.807, 2.05) is 0 Å². The fourth-order valence-corrected chi connectivity index (χ4v) is 7.69. The van der Waals surface area contributed by atoms with Crippen molar-refractivity contribution in [2.45, 2.75) is 244 Å². The second-order valence-electron chi connectivity index (χ2n) is 16.2. The van der Waals surface area contributed by atoms with E-state index in [0.29, 0.717) is 12.8 Å². The van der Waals surface area contributed by atoms with E-state index in [4.69, 9.17) is 0 Å². The number of allylic oxidation sites excluding steroid dienone is 7. The van der Waals surface area contributed by atoms with Gasteiger partial charge in [0.25, 0.3) is 10.1 Å². The summed E-state index contributed by atoms with van der Waals surface area (Å²) in [6.45, 7) is 4.52. The summed E-state index contributed by atoms with van der Waals surface area (Å²) in [5.74, 6) is -1.57. The van der Waals surface area contributed by atoms with Gasteiger partial charge in [-0.2, -0.15) is 8.42 Å². The molecule has 0 radical (unpaired) electrons. The smallest absolute Gasteiger partial charge is 0.267 e. The van der Waals surface area contributed by atoms with Gasteiger partial charge in [0.15, 0.2) is 0 Å². The summed E-state index contributed by atoms with van der Waals surface area (Å²) in [6.07, 6.45) is 53.2. The van der Waals surface area contributed by atoms with Crippen LogP contribution in [0.4, 0.5) is 0 Å². The standard InChI is InChI=1S/C48H89NO6S/c1-3-5-7-9-11-13-15-17-19-21-22-23-24-25-27-29-31-33-35-37-39-41-43-47(51)48(52)49-45(44-56(53,54)55)46(50)42-40-38-36-34-32-30-28-26-20-18-16-14-12-10-8-6-4-2/h20,25-27,32,34,40,42,45-47,50-51H,3-19,21-24,28-31,33,35-39,41,43-44H2,1-2H3,(H,49,52)(H,53,54,55)/b26-20+,27-25-,34-32+,42-40+. The van der Waals surface area contributed by atoms with E-state index in [2.05, 4.69) is 55.6 Å². The first kappa shape index (κ1) is 54.3. The molecule has 4 N–H and O–H groups in total. The number of aliphatic hydroxyl groups is 2. The maximum atomic E-state index is 12.6. The Morgan fingerprint density at radius 2 is 0.804 bits per heavy atom. The van der Waals surface area contributed by atoms with Crippen molar-refractivity contribution in [2.75, 3.05) is 5.75 Å². The highest BCUT2D eigenvalue weighted by Gasteiger charge is 2.27. The number of hydrogen-bond acceptors (Lipinski definition) is 5. The SMILES string of the molecule is CCCCCCCCC/C=C/CC/C=C/CC/C=C/C(O)C(CS(=O)(=O)O)NC(=O)C(O)CCCCCCCC/C=C\CCCCCCCCCCCCCC. The summed E-state index contributed by atoms with van der Waals surface area (Å²) in [5, 5.41) is 23.4. The van der Waals surface area contributed by atoms with E-state index < -0.39 is 40.0 Å². The van der Waals surface area contributed by atoms with Crippen molar-refractivity contribution in [3.8, 4) is 0 Å². The molecule has 7 nitrogen and oxygen atoms in total. The van der Waals surface area contributed by atoms with E-state index in [9.17, 15) is 28.0 Å². The van der Waals surface area contributed by atoms with Gasteiger partial charge >= 0.3 is 0 Å². The van der Waals surface area contributed by atoms with Crippen LogP contribution in [0.5, 0.6) is 0 Å². The monoisotopic (exact) mass is 808 g/mol. The van der Waals surface area contributed by atoms with E-state index in [-0.39, 0.29) is 6.42 Å². The summed E-state index contributed by atoms with van der Waals surface area (Å²) < 4.78 is 32.6. The number of nitrogens with one attached hydrogen (secondary N) is 1. The summed E-state index contributed by atoms with van der Waals surface area (Å²) in [4.78, 5) is 12.6. The third-order valence-electron chi connectivity index (χ3n) is 10.6. The Hall–Kier alpha value is -1.74. The normalized spacial score (nSPS) is 14.2.